The summed E-state index contributed by atoms with van der Waals surface area (Å²) >= 11 is 0. The first kappa shape index (κ1) is 11.6. The Kier molecular flexibility index (Phi) is 3.36. The lowest BCUT2D eigenvalue weighted by Crippen LogP contribution is -2.27. The minimum absolute atomic E-state index is 0.0185. The molecule has 0 aromatic carbocycles. The number of nitrogens with zero attached hydrogens (tertiary/aromatic N) is 3. The van der Waals surface area contributed by atoms with Gasteiger partial charge in [-0.25, -0.2) is 4.68 Å². The van der Waals surface area contributed by atoms with E-state index in [2.05, 4.69) is 20.9 Å². The molecule has 92 valence electrons. The molecule has 1 aliphatic rings. The Morgan fingerprint density at radius 3 is 2.94 bits per heavy atom. The van der Waals surface area contributed by atoms with Crippen molar-refractivity contribution in [1.29, 1.82) is 0 Å². The van der Waals surface area contributed by atoms with Crippen LogP contribution in [0.5, 0.6) is 0 Å². The average Bonchev–Trinajstić information content (AvgIpc) is 3.03. The normalized spacial score (nSPS) is 14.4. The molecule has 1 fully saturated rings. The number of carbonyl (C=O) groups excluding carboxylic acids is 2. The minimum atomic E-state index is -0.127. The van der Waals surface area contributed by atoms with Crippen molar-refractivity contribution in [2.24, 2.45) is 5.92 Å². The smallest absolute Gasteiger partial charge is 0.241 e. The number of nitrogens with one attached hydrogen (secondary N) is 2. The van der Waals surface area contributed by atoms with Crippen LogP contribution in [0.25, 0.3) is 0 Å². The van der Waals surface area contributed by atoms with Crippen LogP contribution in [0.2, 0.25) is 0 Å². The third kappa shape index (κ3) is 3.27. The Morgan fingerprint density at radius 1 is 1.53 bits per heavy atom. The summed E-state index contributed by atoms with van der Waals surface area (Å²) in [5.41, 5.74) is 0. The number of anilines is 1. The molecule has 0 atom stereocenters. The summed E-state index contributed by atoms with van der Waals surface area (Å²) in [6.45, 7) is 2.54. The molecule has 1 saturated carbocycles. The van der Waals surface area contributed by atoms with E-state index in [1.165, 1.54) is 4.68 Å². The average molecular weight is 237 g/mol. The van der Waals surface area contributed by atoms with Gasteiger partial charge in [0.05, 0.1) is 6.20 Å². The summed E-state index contributed by atoms with van der Waals surface area (Å²) in [6.07, 6.45) is 3.44. The Labute approximate surface area is 98.6 Å². The number of hydrogen-bond acceptors (Lipinski definition) is 4. The summed E-state index contributed by atoms with van der Waals surface area (Å²) < 4.78 is 1.40. The first-order valence-corrected chi connectivity index (χ1v) is 5.66. The van der Waals surface area contributed by atoms with Crippen molar-refractivity contribution < 1.29 is 9.59 Å². The van der Waals surface area contributed by atoms with E-state index in [1.807, 2.05) is 6.92 Å². The Balaban J connectivity index is 1.86. The van der Waals surface area contributed by atoms with Crippen molar-refractivity contribution in [3.8, 4) is 0 Å². The highest BCUT2D eigenvalue weighted by atomic mass is 16.2. The monoisotopic (exact) mass is 237 g/mol. The van der Waals surface area contributed by atoms with E-state index in [9.17, 15) is 9.59 Å². The maximum atomic E-state index is 11.4. The van der Waals surface area contributed by atoms with E-state index >= 15 is 0 Å². The number of amides is 2. The zero-order valence-electron chi connectivity index (χ0n) is 9.64. The second-order valence-electron chi connectivity index (χ2n) is 4.02. The van der Waals surface area contributed by atoms with Crippen LogP contribution in [0.15, 0.2) is 6.20 Å². The molecule has 2 N–H and O–H groups in total. The van der Waals surface area contributed by atoms with Crippen LogP contribution in [0, 0.1) is 5.92 Å². The summed E-state index contributed by atoms with van der Waals surface area (Å²) in [5, 5.41) is 12.9. The SMILES string of the molecule is CCNC(=O)Cn1cc(NC(=O)C2CC2)nn1. The molecule has 0 aliphatic heterocycles. The molecule has 1 aliphatic carbocycles. The lowest BCUT2D eigenvalue weighted by molar-refractivity contribution is -0.121. The fourth-order valence-electron chi connectivity index (χ4n) is 1.41. The van der Waals surface area contributed by atoms with Crippen LogP contribution in [-0.4, -0.2) is 33.4 Å². The van der Waals surface area contributed by atoms with E-state index < -0.39 is 0 Å². The van der Waals surface area contributed by atoms with Gasteiger partial charge in [0, 0.05) is 12.5 Å². The van der Waals surface area contributed by atoms with Crippen LogP contribution in [0.4, 0.5) is 5.82 Å². The van der Waals surface area contributed by atoms with Gasteiger partial charge < -0.3 is 10.6 Å². The number of hydrogen-bond donors (Lipinski definition) is 2. The molecule has 0 saturated heterocycles. The van der Waals surface area contributed by atoms with Crippen molar-refractivity contribution in [3.05, 3.63) is 6.20 Å². The Bertz CT molecular complexity index is 424. The molecule has 2 amide bonds. The van der Waals surface area contributed by atoms with Gasteiger partial charge in [0.15, 0.2) is 5.82 Å². The molecule has 17 heavy (non-hydrogen) atoms. The second kappa shape index (κ2) is 4.94. The van der Waals surface area contributed by atoms with Crippen LogP contribution >= 0.6 is 0 Å². The van der Waals surface area contributed by atoms with Crippen LogP contribution in [0.3, 0.4) is 0 Å². The third-order valence-electron chi connectivity index (χ3n) is 2.42. The molecule has 0 spiro atoms. The van der Waals surface area contributed by atoms with Crippen molar-refractivity contribution in [1.82, 2.24) is 20.3 Å². The summed E-state index contributed by atoms with van der Waals surface area (Å²) in [5.74, 6) is 0.377. The molecule has 7 heteroatoms. The maximum Gasteiger partial charge on any atom is 0.241 e. The molecule has 2 rings (SSSR count). The first-order chi connectivity index (χ1) is 8.19. The van der Waals surface area contributed by atoms with E-state index in [0.29, 0.717) is 12.4 Å². The highest BCUT2D eigenvalue weighted by molar-refractivity contribution is 5.93. The number of carbonyl (C=O) groups is 2. The lowest BCUT2D eigenvalue weighted by atomic mass is 10.4. The standard InChI is InChI=1S/C10H15N5O2/c1-2-11-9(16)6-15-5-8(13-14-15)12-10(17)7-3-4-7/h5,7H,2-4,6H2,1H3,(H,11,16)(H,12,17). The van der Waals surface area contributed by atoms with Crippen molar-refractivity contribution in [3.63, 3.8) is 0 Å². The molecule has 1 aromatic heterocycles. The van der Waals surface area contributed by atoms with Crippen LogP contribution < -0.4 is 10.6 Å². The third-order valence-corrected chi connectivity index (χ3v) is 2.42. The number of aromatic nitrogens is 3. The van der Waals surface area contributed by atoms with Crippen molar-refractivity contribution in [2.45, 2.75) is 26.3 Å². The van der Waals surface area contributed by atoms with E-state index in [0.717, 1.165) is 12.8 Å². The Morgan fingerprint density at radius 2 is 2.29 bits per heavy atom. The van der Waals surface area contributed by atoms with Gasteiger partial charge in [-0.1, -0.05) is 5.21 Å². The zero-order chi connectivity index (χ0) is 12.3. The van der Waals surface area contributed by atoms with E-state index in [1.54, 1.807) is 6.20 Å². The maximum absolute atomic E-state index is 11.4. The van der Waals surface area contributed by atoms with Crippen LogP contribution in [-0.2, 0) is 16.1 Å². The van der Waals surface area contributed by atoms with Crippen molar-refractivity contribution in [2.75, 3.05) is 11.9 Å². The molecular formula is C10H15N5O2. The second-order valence-corrected chi connectivity index (χ2v) is 4.02. The van der Waals surface area contributed by atoms with Gasteiger partial charge in [0.2, 0.25) is 11.8 Å². The minimum Gasteiger partial charge on any atom is -0.355 e. The zero-order valence-corrected chi connectivity index (χ0v) is 9.64. The van der Waals surface area contributed by atoms with E-state index in [4.69, 9.17) is 0 Å². The van der Waals surface area contributed by atoms with Crippen molar-refractivity contribution >= 4 is 17.6 Å². The van der Waals surface area contributed by atoms with Gasteiger partial charge in [-0.3, -0.25) is 9.59 Å². The molecule has 0 radical (unpaired) electrons. The predicted molar refractivity (Wildman–Crippen MR) is 60.1 cm³/mol. The molecular weight excluding hydrogens is 222 g/mol. The summed E-state index contributed by atoms with van der Waals surface area (Å²) in [6, 6.07) is 0. The quantitative estimate of drug-likeness (QED) is 0.740. The van der Waals surface area contributed by atoms with Gasteiger partial charge in [0.1, 0.15) is 6.54 Å². The first-order valence-electron chi connectivity index (χ1n) is 5.66. The summed E-state index contributed by atoms with van der Waals surface area (Å²) in [7, 11) is 0. The van der Waals surface area contributed by atoms with Gasteiger partial charge in [-0.15, -0.1) is 5.10 Å². The lowest BCUT2D eigenvalue weighted by Gasteiger charge is -2.00. The summed E-state index contributed by atoms with van der Waals surface area (Å²) in [4.78, 5) is 22.7. The fraction of sp³-hybridized carbons (Fsp3) is 0.600. The molecule has 1 heterocycles. The van der Waals surface area contributed by atoms with Gasteiger partial charge in [-0.05, 0) is 19.8 Å². The number of rotatable bonds is 5. The topological polar surface area (TPSA) is 88.9 Å². The number of likely N-dealkylation sites (N-methyl/N-ethyl adjacent to an activating group) is 1. The van der Waals surface area contributed by atoms with E-state index in [-0.39, 0.29) is 24.3 Å². The van der Waals surface area contributed by atoms with Crippen LogP contribution in [0.1, 0.15) is 19.8 Å². The highest BCUT2D eigenvalue weighted by Crippen LogP contribution is 2.29. The molecule has 0 bridgehead atoms. The molecule has 1 aromatic rings. The predicted octanol–water partition coefficient (Wildman–Crippen LogP) is -0.237. The molecule has 7 nitrogen and oxygen atoms in total. The van der Waals surface area contributed by atoms with Gasteiger partial charge in [-0.2, -0.15) is 0 Å². The molecule has 0 unspecified atom stereocenters. The Hall–Kier alpha value is -1.92. The largest absolute Gasteiger partial charge is 0.355 e. The highest BCUT2D eigenvalue weighted by Gasteiger charge is 2.30. The van der Waals surface area contributed by atoms with Gasteiger partial charge in [0.25, 0.3) is 0 Å². The fourth-order valence-corrected chi connectivity index (χ4v) is 1.41. The van der Waals surface area contributed by atoms with Gasteiger partial charge >= 0.3 is 0 Å².